The van der Waals surface area contributed by atoms with E-state index in [2.05, 4.69) is 34.2 Å². The molecule has 0 aliphatic heterocycles. The molecule has 0 spiro atoms. The third kappa shape index (κ3) is 1.66. The van der Waals surface area contributed by atoms with Crippen LogP contribution >= 0.6 is 0 Å². The van der Waals surface area contributed by atoms with Crippen molar-refractivity contribution >= 4 is 49.3 Å². The minimum atomic E-state index is -0.310. The van der Waals surface area contributed by atoms with E-state index >= 15 is 0 Å². The molecule has 23 heavy (non-hydrogen) atoms. The summed E-state index contributed by atoms with van der Waals surface area (Å²) in [6, 6.07) is 16.9. The van der Waals surface area contributed by atoms with Crippen molar-refractivity contribution in [2.24, 2.45) is 0 Å². The van der Waals surface area contributed by atoms with E-state index in [1.54, 1.807) is 6.07 Å². The maximum Gasteiger partial charge on any atom is 0.132 e. The molecule has 0 aliphatic rings. The lowest BCUT2D eigenvalue weighted by Gasteiger charge is -2.07. The van der Waals surface area contributed by atoms with Crippen molar-refractivity contribution in [3.05, 3.63) is 60.4 Å². The van der Waals surface area contributed by atoms with Crippen molar-refractivity contribution in [3.63, 3.8) is 0 Å². The smallest absolute Gasteiger partial charge is 0.132 e. The molecular formula is C19H12FN3. The van der Waals surface area contributed by atoms with Crippen LogP contribution in [0, 0.1) is 5.82 Å². The Balaban J connectivity index is 2.03. The highest BCUT2D eigenvalue weighted by Gasteiger charge is 2.11. The van der Waals surface area contributed by atoms with Crippen LogP contribution in [0.3, 0.4) is 0 Å². The van der Waals surface area contributed by atoms with E-state index in [4.69, 9.17) is 5.73 Å². The highest BCUT2D eigenvalue weighted by molar-refractivity contribution is 6.18. The predicted molar refractivity (Wildman–Crippen MR) is 93.0 cm³/mol. The van der Waals surface area contributed by atoms with Crippen LogP contribution in [0.5, 0.6) is 0 Å². The average Bonchev–Trinajstić information content (AvgIpc) is 2.91. The lowest BCUT2D eigenvalue weighted by molar-refractivity contribution is 0.629. The van der Waals surface area contributed by atoms with Crippen molar-refractivity contribution in [3.8, 4) is 0 Å². The molecule has 3 nitrogen and oxygen atoms in total. The Bertz CT molecular complexity index is 1240. The van der Waals surface area contributed by atoms with Crippen LogP contribution in [0.25, 0.3) is 43.5 Å². The average molecular weight is 301 g/mol. The summed E-state index contributed by atoms with van der Waals surface area (Å²) in [5.74, 6) is 0.112. The van der Waals surface area contributed by atoms with E-state index in [1.165, 1.54) is 12.1 Å². The summed E-state index contributed by atoms with van der Waals surface area (Å²) in [4.78, 5) is 7.79. The summed E-state index contributed by atoms with van der Waals surface area (Å²) in [6.45, 7) is 0. The van der Waals surface area contributed by atoms with Gasteiger partial charge in [0.05, 0.1) is 5.52 Å². The molecule has 2 aromatic heterocycles. The summed E-state index contributed by atoms with van der Waals surface area (Å²) in [5.41, 5.74) is 8.83. The molecule has 0 aliphatic carbocycles. The first kappa shape index (κ1) is 12.4. The van der Waals surface area contributed by atoms with Gasteiger partial charge in [0, 0.05) is 38.6 Å². The zero-order valence-electron chi connectivity index (χ0n) is 12.1. The minimum Gasteiger partial charge on any atom is -0.383 e. The number of halogens is 1. The first-order valence-electron chi connectivity index (χ1n) is 7.39. The van der Waals surface area contributed by atoms with Crippen molar-refractivity contribution in [2.45, 2.75) is 0 Å². The summed E-state index contributed by atoms with van der Waals surface area (Å²) >= 11 is 0. The molecule has 0 amide bonds. The molecule has 3 N–H and O–H groups in total. The first-order chi connectivity index (χ1) is 11.2. The summed E-state index contributed by atoms with van der Waals surface area (Å²) in [6.07, 6.45) is 0. The Hall–Kier alpha value is -3.14. The molecule has 0 radical (unpaired) electrons. The number of hydrogen-bond donors (Lipinski definition) is 2. The molecule has 2 heterocycles. The Morgan fingerprint density at radius 2 is 1.65 bits per heavy atom. The van der Waals surface area contributed by atoms with E-state index in [-0.39, 0.29) is 5.82 Å². The molecule has 3 aromatic carbocycles. The van der Waals surface area contributed by atoms with Crippen LogP contribution in [0.2, 0.25) is 0 Å². The minimum absolute atomic E-state index is 0.310. The third-order valence-electron chi connectivity index (χ3n) is 4.41. The Morgan fingerprint density at radius 1 is 0.783 bits per heavy atom. The molecule has 5 aromatic rings. The second kappa shape index (κ2) is 4.20. The number of fused-ring (bicyclic) bond motifs is 6. The van der Waals surface area contributed by atoms with Crippen molar-refractivity contribution < 1.29 is 4.39 Å². The monoisotopic (exact) mass is 301 g/mol. The Morgan fingerprint density at radius 3 is 2.57 bits per heavy atom. The number of anilines is 1. The van der Waals surface area contributed by atoms with Gasteiger partial charge in [-0.2, -0.15) is 0 Å². The third-order valence-corrected chi connectivity index (χ3v) is 4.41. The fourth-order valence-corrected chi connectivity index (χ4v) is 3.35. The van der Waals surface area contributed by atoms with Crippen LogP contribution in [-0.4, -0.2) is 9.97 Å². The molecule has 0 atom stereocenters. The van der Waals surface area contributed by atoms with Crippen molar-refractivity contribution in [1.29, 1.82) is 0 Å². The molecule has 0 fully saturated rings. The fraction of sp³-hybridized carbons (Fsp3) is 0. The van der Waals surface area contributed by atoms with Crippen LogP contribution < -0.4 is 5.73 Å². The summed E-state index contributed by atoms with van der Waals surface area (Å²) in [7, 11) is 0. The van der Waals surface area contributed by atoms with Gasteiger partial charge >= 0.3 is 0 Å². The molecule has 5 rings (SSSR count). The highest BCUT2D eigenvalue weighted by Crippen LogP contribution is 2.34. The van der Waals surface area contributed by atoms with E-state index in [9.17, 15) is 4.39 Å². The fourth-order valence-electron chi connectivity index (χ4n) is 3.35. The molecule has 0 saturated carbocycles. The second-order valence-corrected chi connectivity index (χ2v) is 5.77. The standard InChI is InChI=1S/C19H12FN3/c20-10-5-6-12-13-9-18-14(11-3-1-2-4-16(11)22-18)8-15(13)19(21)23-17(12)7-10/h1-9,22H,(H2,21,23). The van der Waals surface area contributed by atoms with Gasteiger partial charge in [0.25, 0.3) is 0 Å². The van der Waals surface area contributed by atoms with Crippen LogP contribution in [0.1, 0.15) is 0 Å². The lowest BCUT2D eigenvalue weighted by Crippen LogP contribution is -1.94. The van der Waals surface area contributed by atoms with E-state index in [1.807, 2.05) is 12.1 Å². The summed E-state index contributed by atoms with van der Waals surface area (Å²) < 4.78 is 13.5. The topological polar surface area (TPSA) is 54.7 Å². The van der Waals surface area contributed by atoms with Gasteiger partial charge in [-0.05, 0) is 35.7 Å². The normalized spacial score (nSPS) is 11.9. The number of para-hydroxylation sites is 1. The van der Waals surface area contributed by atoms with Gasteiger partial charge < -0.3 is 10.7 Å². The number of nitrogens with one attached hydrogen (secondary N) is 1. The Kier molecular flexibility index (Phi) is 2.26. The molecule has 110 valence electrons. The predicted octanol–water partition coefficient (Wildman–Crippen LogP) is 4.74. The molecule has 0 saturated heterocycles. The number of rotatable bonds is 0. The van der Waals surface area contributed by atoms with Crippen LogP contribution in [0.15, 0.2) is 54.6 Å². The molecule has 4 heteroatoms. The summed E-state index contributed by atoms with van der Waals surface area (Å²) in [5, 5.41) is 5.04. The number of nitrogen functional groups attached to an aromatic ring is 1. The molecule has 0 bridgehead atoms. The van der Waals surface area contributed by atoms with Gasteiger partial charge in [0.15, 0.2) is 0 Å². The number of hydrogen-bond acceptors (Lipinski definition) is 2. The van der Waals surface area contributed by atoms with Crippen molar-refractivity contribution in [1.82, 2.24) is 9.97 Å². The van der Waals surface area contributed by atoms with Crippen LogP contribution in [-0.2, 0) is 0 Å². The van der Waals surface area contributed by atoms with Crippen LogP contribution in [0.4, 0.5) is 10.2 Å². The number of pyridine rings is 1. The number of benzene rings is 3. The molecule has 0 unspecified atom stereocenters. The van der Waals surface area contributed by atoms with Crippen molar-refractivity contribution in [2.75, 3.05) is 5.73 Å². The zero-order chi connectivity index (χ0) is 15.6. The number of aromatic nitrogens is 2. The van der Waals surface area contributed by atoms with Gasteiger partial charge in [-0.3, -0.25) is 0 Å². The van der Waals surface area contributed by atoms with E-state index in [0.717, 1.165) is 38.0 Å². The number of H-pyrrole nitrogens is 1. The number of nitrogens with two attached hydrogens (primary N) is 1. The van der Waals surface area contributed by atoms with E-state index < -0.39 is 0 Å². The zero-order valence-corrected chi connectivity index (χ0v) is 12.1. The van der Waals surface area contributed by atoms with Gasteiger partial charge in [-0.1, -0.05) is 18.2 Å². The SMILES string of the molecule is Nc1nc2cc(F)ccc2c2cc3[nH]c4ccccc4c3cc12. The highest BCUT2D eigenvalue weighted by atomic mass is 19.1. The lowest BCUT2D eigenvalue weighted by atomic mass is 10.0. The maximum absolute atomic E-state index is 13.5. The first-order valence-corrected chi connectivity index (χ1v) is 7.39. The number of aromatic amines is 1. The number of nitrogens with zero attached hydrogens (tertiary/aromatic N) is 1. The largest absolute Gasteiger partial charge is 0.383 e. The van der Waals surface area contributed by atoms with E-state index in [0.29, 0.717) is 11.3 Å². The Labute approximate surface area is 130 Å². The quantitative estimate of drug-likeness (QED) is 0.406. The van der Waals surface area contributed by atoms with Gasteiger partial charge in [0.1, 0.15) is 11.6 Å². The van der Waals surface area contributed by atoms with Gasteiger partial charge in [0.2, 0.25) is 0 Å². The second-order valence-electron chi connectivity index (χ2n) is 5.77. The maximum atomic E-state index is 13.5. The van der Waals surface area contributed by atoms with Gasteiger partial charge in [-0.25, -0.2) is 9.37 Å². The molecular weight excluding hydrogens is 289 g/mol. The van der Waals surface area contributed by atoms with Gasteiger partial charge in [-0.15, -0.1) is 0 Å².